The molecule has 1 heterocycles. The van der Waals surface area contributed by atoms with Crippen LogP contribution in [-0.4, -0.2) is 5.91 Å². The monoisotopic (exact) mass is 303 g/mol. The molecular weight excluding hydrogens is 289 g/mol. The van der Waals surface area contributed by atoms with E-state index < -0.39 is 11.2 Å². The molecule has 0 fully saturated rings. The number of hydrogen-bond acceptors (Lipinski definition) is 1. The zero-order valence-corrected chi connectivity index (χ0v) is 12.4. The first-order valence-electron chi connectivity index (χ1n) is 6.87. The first-order chi connectivity index (χ1) is 10.0. The van der Waals surface area contributed by atoms with Crippen molar-refractivity contribution in [3.8, 4) is 0 Å². The Labute approximate surface area is 127 Å². The summed E-state index contributed by atoms with van der Waals surface area (Å²) in [6.45, 7) is 1.98. The van der Waals surface area contributed by atoms with Crippen molar-refractivity contribution < 1.29 is 9.18 Å². The summed E-state index contributed by atoms with van der Waals surface area (Å²) in [7, 11) is 0. The van der Waals surface area contributed by atoms with Crippen LogP contribution in [-0.2, 0) is 11.2 Å². The van der Waals surface area contributed by atoms with Gasteiger partial charge in [-0.3, -0.25) is 4.79 Å². The van der Waals surface area contributed by atoms with Gasteiger partial charge in [-0.25, -0.2) is 4.39 Å². The van der Waals surface area contributed by atoms with Crippen molar-refractivity contribution in [2.75, 3.05) is 5.32 Å². The van der Waals surface area contributed by atoms with Gasteiger partial charge in [0.2, 0.25) is 5.91 Å². The number of carbonyl (C=O) groups is 1. The summed E-state index contributed by atoms with van der Waals surface area (Å²) >= 11 is 6.45. The topological polar surface area (TPSA) is 29.1 Å². The van der Waals surface area contributed by atoms with Crippen molar-refractivity contribution in [3.63, 3.8) is 0 Å². The van der Waals surface area contributed by atoms with Gasteiger partial charge in [-0.1, -0.05) is 29.8 Å². The summed E-state index contributed by atoms with van der Waals surface area (Å²) in [5, 5.41) is 2.16. The molecule has 108 valence electrons. The maximum atomic E-state index is 14.3. The van der Waals surface area contributed by atoms with Crippen molar-refractivity contribution in [2.24, 2.45) is 0 Å². The number of nitrogens with one attached hydrogen (secondary N) is 1. The van der Waals surface area contributed by atoms with Gasteiger partial charge in [0.25, 0.3) is 0 Å². The molecule has 3 rings (SSSR count). The molecule has 0 bridgehead atoms. The minimum atomic E-state index is -0.534. The number of aryl methyl sites for hydroxylation is 2. The maximum Gasteiger partial charge on any atom is 0.224 e. The van der Waals surface area contributed by atoms with Crippen molar-refractivity contribution in [1.82, 2.24) is 0 Å². The summed E-state index contributed by atoms with van der Waals surface area (Å²) in [5.74, 6) is -0.465. The van der Waals surface area contributed by atoms with E-state index in [0.29, 0.717) is 24.1 Å². The minimum Gasteiger partial charge on any atom is -0.326 e. The van der Waals surface area contributed by atoms with E-state index in [9.17, 15) is 9.18 Å². The Balaban J connectivity index is 2.01. The highest BCUT2D eigenvalue weighted by molar-refractivity contribution is 6.22. The number of rotatable bonds is 2. The van der Waals surface area contributed by atoms with Crippen LogP contribution in [0.15, 0.2) is 36.4 Å². The van der Waals surface area contributed by atoms with E-state index in [2.05, 4.69) is 5.32 Å². The van der Waals surface area contributed by atoms with E-state index in [4.69, 9.17) is 11.6 Å². The lowest BCUT2D eigenvalue weighted by Gasteiger charge is -2.20. The lowest BCUT2D eigenvalue weighted by Crippen LogP contribution is -2.19. The van der Waals surface area contributed by atoms with Gasteiger partial charge in [-0.15, -0.1) is 11.6 Å². The number of halogens is 2. The predicted molar refractivity (Wildman–Crippen MR) is 82.2 cm³/mol. The standard InChI is InChI=1S/C17H15ClFNO/c1-10-3-2-4-12(7-10)17(18)13-8-11-5-6-16(21)20-15(11)9-14(13)19/h2-4,7-9,17H,5-6H2,1H3,(H,20,21). The molecule has 1 N–H and O–H groups in total. The van der Waals surface area contributed by atoms with Crippen LogP contribution in [0.25, 0.3) is 0 Å². The second kappa shape index (κ2) is 5.49. The van der Waals surface area contributed by atoms with E-state index in [-0.39, 0.29) is 5.91 Å². The predicted octanol–water partition coefficient (Wildman–Crippen LogP) is 4.35. The number of hydrogen-bond donors (Lipinski definition) is 1. The zero-order valence-electron chi connectivity index (χ0n) is 11.6. The molecular formula is C17H15ClFNO. The van der Waals surface area contributed by atoms with E-state index in [1.807, 2.05) is 31.2 Å². The van der Waals surface area contributed by atoms with Crippen LogP contribution in [0.5, 0.6) is 0 Å². The fraction of sp³-hybridized carbons (Fsp3) is 0.235. The third-order valence-electron chi connectivity index (χ3n) is 3.73. The average Bonchev–Trinajstić information content (AvgIpc) is 2.45. The molecule has 1 aliphatic rings. The Hall–Kier alpha value is -1.87. The van der Waals surface area contributed by atoms with Gasteiger partial charge >= 0.3 is 0 Å². The molecule has 21 heavy (non-hydrogen) atoms. The Bertz CT molecular complexity index is 714. The SMILES string of the molecule is Cc1cccc(C(Cl)c2cc3c(cc2F)NC(=O)CC3)c1. The Morgan fingerprint density at radius 3 is 2.81 bits per heavy atom. The first kappa shape index (κ1) is 14.1. The van der Waals surface area contributed by atoms with Gasteiger partial charge in [-0.05, 0) is 36.6 Å². The zero-order chi connectivity index (χ0) is 15.0. The van der Waals surface area contributed by atoms with Crippen LogP contribution in [0.4, 0.5) is 10.1 Å². The van der Waals surface area contributed by atoms with Crippen molar-refractivity contribution in [3.05, 3.63) is 64.5 Å². The number of anilines is 1. The largest absolute Gasteiger partial charge is 0.326 e. The summed E-state index contributed by atoms with van der Waals surface area (Å²) < 4.78 is 14.3. The lowest BCUT2D eigenvalue weighted by molar-refractivity contribution is -0.116. The fourth-order valence-electron chi connectivity index (χ4n) is 2.62. The highest BCUT2D eigenvalue weighted by Gasteiger charge is 2.21. The highest BCUT2D eigenvalue weighted by Crippen LogP contribution is 2.35. The molecule has 1 aliphatic heterocycles. The quantitative estimate of drug-likeness (QED) is 0.821. The van der Waals surface area contributed by atoms with E-state index >= 15 is 0 Å². The minimum absolute atomic E-state index is 0.0734. The Kier molecular flexibility index (Phi) is 3.68. The van der Waals surface area contributed by atoms with Gasteiger partial charge in [-0.2, -0.15) is 0 Å². The van der Waals surface area contributed by atoms with E-state index in [1.165, 1.54) is 6.07 Å². The van der Waals surface area contributed by atoms with Crippen LogP contribution in [0, 0.1) is 12.7 Å². The number of alkyl halides is 1. The molecule has 0 radical (unpaired) electrons. The average molecular weight is 304 g/mol. The summed E-state index contributed by atoms with van der Waals surface area (Å²) in [5.41, 5.74) is 3.90. The maximum absolute atomic E-state index is 14.3. The third-order valence-corrected chi connectivity index (χ3v) is 4.21. The van der Waals surface area contributed by atoms with Crippen molar-refractivity contribution in [2.45, 2.75) is 25.1 Å². The van der Waals surface area contributed by atoms with Crippen molar-refractivity contribution in [1.29, 1.82) is 0 Å². The highest BCUT2D eigenvalue weighted by atomic mass is 35.5. The molecule has 0 aromatic heterocycles. The molecule has 0 saturated heterocycles. The van der Waals surface area contributed by atoms with E-state index in [1.54, 1.807) is 6.07 Å². The first-order valence-corrected chi connectivity index (χ1v) is 7.31. The molecule has 0 spiro atoms. The third kappa shape index (κ3) is 2.79. The number of benzene rings is 2. The molecule has 4 heteroatoms. The van der Waals surface area contributed by atoms with Gasteiger partial charge in [0.1, 0.15) is 5.82 Å². The Morgan fingerprint density at radius 1 is 1.24 bits per heavy atom. The molecule has 2 aromatic rings. The fourth-order valence-corrected chi connectivity index (χ4v) is 2.93. The Morgan fingerprint density at radius 2 is 2.05 bits per heavy atom. The molecule has 2 nitrogen and oxygen atoms in total. The van der Waals surface area contributed by atoms with Gasteiger partial charge in [0, 0.05) is 17.7 Å². The van der Waals surface area contributed by atoms with Crippen molar-refractivity contribution >= 4 is 23.2 Å². The molecule has 1 amide bonds. The molecule has 1 unspecified atom stereocenters. The van der Waals surface area contributed by atoms with Crippen LogP contribution in [0.2, 0.25) is 0 Å². The molecule has 0 aliphatic carbocycles. The molecule has 0 saturated carbocycles. The smallest absolute Gasteiger partial charge is 0.224 e. The van der Waals surface area contributed by atoms with Crippen LogP contribution < -0.4 is 5.32 Å². The van der Waals surface area contributed by atoms with E-state index in [0.717, 1.165) is 16.7 Å². The van der Waals surface area contributed by atoms with Gasteiger partial charge in [0.15, 0.2) is 0 Å². The van der Waals surface area contributed by atoms with Gasteiger partial charge < -0.3 is 5.32 Å². The number of carbonyl (C=O) groups excluding carboxylic acids is 1. The summed E-state index contributed by atoms with van der Waals surface area (Å²) in [6.07, 6.45) is 1.04. The lowest BCUT2D eigenvalue weighted by atomic mass is 9.96. The van der Waals surface area contributed by atoms with Crippen LogP contribution >= 0.6 is 11.6 Å². The second-order valence-electron chi connectivity index (χ2n) is 5.36. The number of fused-ring (bicyclic) bond motifs is 1. The second-order valence-corrected chi connectivity index (χ2v) is 5.79. The molecule has 2 aromatic carbocycles. The van der Waals surface area contributed by atoms with Crippen LogP contribution in [0.1, 0.15) is 34.1 Å². The van der Waals surface area contributed by atoms with Gasteiger partial charge in [0.05, 0.1) is 5.38 Å². The normalized spacial score (nSPS) is 15.3. The summed E-state index contributed by atoms with van der Waals surface area (Å²) in [4.78, 5) is 11.4. The summed E-state index contributed by atoms with van der Waals surface area (Å²) in [6, 6.07) is 10.9. The van der Waals surface area contributed by atoms with Crippen LogP contribution in [0.3, 0.4) is 0 Å². The molecule has 1 atom stereocenters. The number of amides is 1.